The van der Waals surface area contributed by atoms with Crippen LogP contribution in [0.15, 0.2) is 0 Å². The van der Waals surface area contributed by atoms with E-state index in [1.54, 1.807) is 0 Å². The van der Waals surface area contributed by atoms with E-state index in [1.807, 2.05) is 0 Å². The lowest BCUT2D eigenvalue weighted by molar-refractivity contribution is -0.112. The molecule has 0 atom stereocenters. The van der Waals surface area contributed by atoms with E-state index >= 15 is 0 Å². The van der Waals surface area contributed by atoms with Gasteiger partial charge in [0.1, 0.15) is 0 Å². The van der Waals surface area contributed by atoms with Crippen molar-refractivity contribution in [1.29, 1.82) is 0 Å². The molecule has 0 amide bonds. The van der Waals surface area contributed by atoms with Crippen molar-refractivity contribution < 1.29 is 4.79 Å². The highest BCUT2D eigenvalue weighted by Gasteiger charge is 2.32. The van der Waals surface area contributed by atoms with Gasteiger partial charge in [0, 0.05) is 6.42 Å². The van der Waals surface area contributed by atoms with E-state index in [4.69, 9.17) is 11.6 Å². The van der Waals surface area contributed by atoms with Crippen LogP contribution in [0.2, 0.25) is 0 Å². The van der Waals surface area contributed by atoms with Crippen molar-refractivity contribution >= 4 is 16.8 Å². The van der Waals surface area contributed by atoms with Crippen molar-refractivity contribution in [2.75, 3.05) is 0 Å². The minimum atomic E-state index is -0.229. The fraction of sp³-hybridized carbons (Fsp3) is 0.900. The number of halogens is 1. The van der Waals surface area contributed by atoms with Gasteiger partial charge in [0.15, 0.2) is 0 Å². The molecule has 0 aliphatic carbocycles. The molecule has 0 N–H and O–H groups in total. The Hall–Kier alpha value is -0.0400. The summed E-state index contributed by atoms with van der Waals surface area (Å²) in [5.41, 5.74) is 0.386. The Morgan fingerprint density at radius 3 is 1.83 bits per heavy atom. The van der Waals surface area contributed by atoms with E-state index in [0.29, 0.717) is 6.42 Å². The molecular weight excluding hydrogens is 172 g/mol. The quantitative estimate of drug-likeness (QED) is 0.622. The number of hydrogen-bond donors (Lipinski definition) is 0. The van der Waals surface area contributed by atoms with Crippen LogP contribution in [0, 0.1) is 10.8 Å². The molecule has 72 valence electrons. The van der Waals surface area contributed by atoms with Crippen LogP contribution in [-0.4, -0.2) is 5.24 Å². The molecule has 12 heavy (non-hydrogen) atoms. The number of hydrogen-bond acceptors (Lipinski definition) is 1. The second-order valence-electron chi connectivity index (χ2n) is 4.99. The van der Waals surface area contributed by atoms with Gasteiger partial charge in [-0.05, 0) is 28.9 Å². The van der Waals surface area contributed by atoms with Gasteiger partial charge in [0.05, 0.1) is 0 Å². The molecular formula is C10H19ClO. The normalized spacial score (nSPS) is 13.2. The molecule has 0 aromatic carbocycles. The lowest BCUT2D eigenvalue weighted by Gasteiger charge is -2.38. The van der Waals surface area contributed by atoms with Crippen molar-refractivity contribution in [1.82, 2.24) is 0 Å². The molecule has 0 spiro atoms. The van der Waals surface area contributed by atoms with E-state index < -0.39 is 0 Å². The zero-order valence-electron chi connectivity index (χ0n) is 8.70. The Balaban J connectivity index is 4.14. The molecule has 0 fully saturated rings. The maximum atomic E-state index is 10.6. The molecule has 0 saturated heterocycles. The first-order valence-electron chi connectivity index (χ1n) is 4.35. The van der Waals surface area contributed by atoms with Crippen LogP contribution in [0.5, 0.6) is 0 Å². The summed E-state index contributed by atoms with van der Waals surface area (Å²) in [6.07, 6.45) is 1.34. The van der Waals surface area contributed by atoms with E-state index in [0.717, 1.165) is 6.42 Å². The average Bonchev–Trinajstić information content (AvgIpc) is 1.81. The minimum absolute atomic E-state index is 0.164. The summed E-state index contributed by atoms with van der Waals surface area (Å²) in [5.74, 6) is 0. The SMILES string of the molecule is CC(C)(C)C(C)(C)CCC(=O)Cl. The fourth-order valence-electron chi connectivity index (χ4n) is 0.786. The summed E-state index contributed by atoms with van der Waals surface area (Å²) in [5, 5.41) is -0.229. The van der Waals surface area contributed by atoms with Gasteiger partial charge < -0.3 is 0 Å². The molecule has 1 nitrogen and oxygen atoms in total. The molecule has 0 rings (SSSR count). The maximum absolute atomic E-state index is 10.6. The lowest BCUT2D eigenvalue weighted by Crippen LogP contribution is -2.29. The Morgan fingerprint density at radius 1 is 1.17 bits per heavy atom. The van der Waals surface area contributed by atoms with E-state index in [-0.39, 0.29) is 16.1 Å². The molecule has 0 unspecified atom stereocenters. The molecule has 0 saturated carbocycles. The van der Waals surface area contributed by atoms with Gasteiger partial charge in [-0.25, -0.2) is 0 Å². The largest absolute Gasteiger partial charge is 0.281 e. The summed E-state index contributed by atoms with van der Waals surface area (Å²) >= 11 is 5.30. The Kier molecular flexibility index (Phi) is 3.77. The molecule has 0 aromatic heterocycles. The third-order valence-electron chi connectivity index (χ3n) is 2.98. The van der Waals surface area contributed by atoms with Crippen molar-refractivity contribution in [3.8, 4) is 0 Å². The average molecular weight is 191 g/mol. The standard InChI is InChI=1S/C10H19ClO/c1-9(2,3)10(4,5)7-6-8(11)12/h6-7H2,1-5H3. The highest BCUT2D eigenvalue weighted by Crippen LogP contribution is 2.41. The highest BCUT2D eigenvalue weighted by atomic mass is 35.5. The third-order valence-corrected chi connectivity index (χ3v) is 3.17. The van der Waals surface area contributed by atoms with Crippen LogP contribution >= 0.6 is 11.6 Å². The highest BCUT2D eigenvalue weighted by molar-refractivity contribution is 6.63. The molecule has 2 heteroatoms. The van der Waals surface area contributed by atoms with Crippen molar-refractivity contribution in [2.45, 2.75) is 47.5 Å². The molecule has 0 aromatic rings. The zero-order chi connectivity index (χ0) is 9.99. The van der Waals surface area contributed by atoms with Gasteiger partial charge in [-0.3, -0.25) is 4.79 Å². The fourth-order valence-corrected chi connectivity index (χ4v) is 0.880. The van der Waals surface area contributed by atoms with Crippen molar-refractivity contribution in [3.05, 3.63) is 0 Å². The Labute approximate surface area is 80.5 Å². The first-order chi connectivity index (χ1) is 5.17. The van der Waals surface area contributed by atoms with Crippen molar-refractivity contribution in [3.63, 3.8) is 0 Å². The molecule has 0 bridgehead atoms. The van der Waals surface area contributed by atoms with Gasteiger partial charge in [-0.15, -0.1) is 0 Å². The van der Waals surface area contributed by atoms with Gasteiger partial charge in [-0.2, -0.15) is 0 Å². The first kappa shape index (κ1) is 12.0. The predicted octanol–water partition coefficient (Wildman–Crippen LogP) is 3.60. The van der Waals surface area contributed by atoms with Gasteiger partial charge >= 0.3 is 0 Å². The monoisotopic (exact) mass is 190 g/mol. The van der Waals surface area contributed by atoms with Crippen LogP contribution < -0.4 is 0 Å². The van der Waals surface area contributed by atoms with Crippen LogP contribution in [0.25, 0.3) is 0 Å². The van der Waals surface area contributed by atoms with Crippen molar-refractivity contribution in [2.24, 2.45) is 10.8 Å². The maximum Gasteiger partial charge on any atom is 0.221 e. The summed E-state index contributed by atoms with van der Waals surface area (Å²) in [6, 6.07) is 0. The topological polar surface area (TPSA) is 17.1 Å². The lowest BCUT2D eigenvalue weighted by atomic mass is 9.67. The van der Waals surface area contributed by atoms with Gasteiger partial charge in [0.25, 0.3) is 0 Å². The van der Waals surface area contributed by atoms with E-state index in [2.05, 4.69) is 34.6 Å². The third kappa shape index (κ3) is 3.57. The van der Waals surface area contributed by atoms with Crippen LogP contribution in [0.3, 0.4) is 0 Å². The van der Waals surface area contributed by atoms with Crippen LogP contribution in [-0.2, 0) is 4.79 Å². The summed E-state index contributed by atoms with van der Waals surface area (Å²) < 4.78 is 0. The van der Waals surface area contributed by atoms with Crippen LogP contribution in [0.4, 0.5) is 0 Å². The van der Waals surface area contributed by atoms with E-state index in [1.165, 1.54) is 0 Å². The second-order valence-corrected chi connectivity index (χ2v) is 5.41. The molecule has 0 radical (unpaired) electrons. The number of carbonyl (C=O) groups is 1. The summed E-state index contributed by atoms with van der Waals surface area (Å²) in [6.45, 7) is 10.9. The summed E-state index contributed by atoms with van der Waals surface area (Å²) in [4.78, 5) is 10.6. The molecule has 0 aliphatic heterocycles. The smallest absolute Gasteiger partial charge is 0.221 e. The zero-order valence-corrected chi connectivity index (χ0v) is 9.46. The second kappa shape index (κ2) is 3.78. The van der Waals surface area contributed by atoms with Gasteiger partial charge in [-0.1, -0.05) is 34.6 Å². The van der Waals surface area contributed by atoms with Crippen LogP contribution in [0.1, 0.15) is 47.5 Å². The first-order valence-corrected chi connectivity index (χ1v) is 4.73. The summed E-state index contributed by atoms with van der Waals surface area (Å²) in [7, 11) is 0. The predicted molar refractivity (Wildman–Crippen MR) is 53.3 cm³/mol. The molecule has 0 aliphatic rings. The number of rotatable bonds is 3. The van der Waals surface area contributed by atoms with Gasteiger partial charge in [0.2, 0.25) is 5.24 Å². The minimum Gasteiger partial charge on any atom is -0.281 e. The Bertz CT molecular complexity index is 165. The van der Waals surface area contributed by atoms with E-state index in [9.17, 15) is 4.79 Å². The molecule has 0 heterocycles. The number of carbonyl (C=O) groups excluding carboxylic acids is 1. The Morgan fingerprint density at radius 2 is 1.58 bits per heavy atom.